The Morgan fingerprint density at radius 3 is 2.70 bits per heavy atom. The van der Waals surface area contributed by atoms with Crippen LogP contribution in [0.3, 0.4) is 0 Å². The van der Waals surface area contributed by atoms with Crippen LogP contribution in [0.25, 0.3) is 0 Å². The van der Waals surface area contributed by atoms with Crippen LogP contribution in [0.4, 0.5) is 4.79 Å². The number of nitrogens with one attached hydrogen (secondary N) is 1. The lowest BCUT2D eigenvalue weighted by molar-refractivity contribution is 0.0256. The fourth-order valence-corrected chi connectivity index (χ4v) is 2.33. The van der Waals surface area contributed by atoms with Crippen LogP contribution in [-0.2, 0) is 9.47 Å². The van der Waals surface area contributed by atoms with Crippen LogP contribution in [-0.4, -0.2) is 56.0 Å². The van der Waals surface area contributed by atoms with Gasteiger partial charge in [-0.3, -0.25) is 0 Å². The molecule has 1 aliphatic rings. The van der Waals surface area contributed by atoms with Gasteiger partial charge in [-0.2, -0.15) is 0 Å². The second-order valence-corrected chi connectivity index (χ2v) is 6.40. The topological polar surface area (TPSA) is 50.8 Å². The first-order valence-electron chi connectivity index (χ1n) is 7.62. The van der Waals surface area contributed by atoms with E-state index in [0.717, 1.165) is 51.9 Å². The summed E-state index contributed by atoms with van der Waals surface area (Å²) in [7, 11) is 1.73. The number of nitrogens with zero attached hydrogens (tertiary/aromatic N) is 1. The highest BCUT2D eigenvalue weighted by molar-refractivity contribution is 5.68. The quantitative estimate of drug-likeness (QED) is 0.789. The normalized spacial score (nSPS) is 20.6. The predicted octanol–water partition coefficient (Wildman–Crippen LogP) is 2.40. The molecular weight excluding hydrogens is 256 g/mol. The van der Waals surface area contributed by atoms with Gasteiger partial charge in [-0.05, 0) is 53.0 Å². The standard InChI is InChI=1S/C15H30N2O3/c1-15(2,3)20-14(18)17-10-5-7-13(8-11-17)16-9-6-12-19-4/h13,16H,5-12H2,1-4H3. The summed E-state index contributed by atoms with van der Waals surface area (Å²) in [5.41, 5.74) is -0.415. The molecule has 1 heterocycles. The highest BCUT2D eigenvalue weighted by Crippen LogP contribution is 2.15. The average Bonchev–Trinajstić information content (AvgIpc) is 2.58. The van der Waals surface area contributed by atoms with E-state index in [4.69, 9.17) is 9.47 Å². The van der Waals surface area contributed by atoms with E-state index in [0.29, 0.717) is 6.04 Å². The number of hydrogen-bond donors (Lipinski definition) is 1. The zero-order valence-corrected chi connectivity index (χ0v) is 13.4. The van der Waals surface area contributed by atoms with Crippen molar-refractivity contribution in [3.05, 3.63) is 0 Å². The number of amides is 1. The van der Waals surface area contributed by atoms with Crippen LogP contribution in [0.5, 0.6) is 0 Å². The summed E-state index contributed by atoms with van der Waals surface area (Å²) < 4.78 is 10.5. The van der Waals surface area contributed by atoms with Gasteiger partial charge < -0.3 is 19.7 Å². The second-order valence-electron chi connectivity index (χ2n) is 6.40. The third kappa shape index (κ3) is 7.10. The molecule has 1 unspecified atom stereocenters. The number of carbonyl (C=O) groups is 1. The van der Waals surface area contributed by atoms with Gasteiger partial charge in [0, 0.05) is 32.8 Å². The summed E-state index contributed by atoms with van der Waals surface area (Å²) in [6, 6.07) is 0.499. The van der Waals surface area contributed by atoms with E-state index in [1.807, 2.05) is 25.7 Å². The molecule has 20 heavy (non-hydrogen) atoms. The summed E-state index contributed by atoms with van der Waals surface area (Å²) >= 11 is 0. The first-order chi connectivity index (χ1) is 9.42. The number of hydrogen-bond acceptors (Lipinski definition) is 4. The van der Waals surface area contributed by atoms with Gasteiger partial charge in [-0.1, -0.05) is 0 Å². The van der Waals surface area contributed by atoms with Gasteiger partial charge in [-0.25, -0.2) is 4.79 Å². The minimum atomic E-state index is -0.415. The van der Waals surface area contributed by atoms with Gasteiger partial charge in [0.2, 0.25) is 0 Å². The van der Waals surface area contributed by atoms with E-state index in [2.05, 4.69) is 5.32 Å². The summed E-state index contributed by atoms with van der Waals surface area (Å²) in [4.78, 5) is 13.9. The molecule has 0 aliphatic carbocycles. The number of rotatable bonds is 5. The third-order valence-electron chi connectivity index (χ3n) is 3.34. The third-order valence-corrected chi connectivity index (χ3v) is 3.34. The van der Waals surface area contributed by atoms with Gasteiger partial charge in [0.05, 0.1) is 0 Å². The van der Waals surface area contributed by atoms with Crippen molar-refractivity contribution in [3.8, 4) is 0 Å². The Morgan fingerprint density at radius 2 is 2.05 bits per heavy atom. The van der Waals surface area contributed by atoms with Crippen molar-refractivity contribution >= 4 is 6.09 Å². The fourth-order valence-electron chi connectivity index (χ4n) is 2.33. The zero-order chi connectivity index (χ0) is 15.0. The lowest BCUT2D eigenvalue weighted by Crippen LogP contribution is -2.38. The second kappa shape index (κ2) is 8.47. The van der Waals surface area contributed by atoms with Crippen molar-refractivity contribution in [2.75, 3.05) is 33.4 Å². The molecule has 0 aromatic heterocycles. The maximum atomic E-state index is 12.0. The van der Waals surface area contributed by atoms with Crippen LogP contribution in [0, 0.1) is 0 Å². The zero-order valence-electron chi connectivity index (χ0n) is 13.4. The van der Waals surface area contributed by atoms with E-state index < -0.39 is 5.60 Å². The molecule has 0 saturated carbocycles. The van der Waals surface area contributed by atoms with Crippen LogP contribution in [0.1, 0.15) is 46.5 Å². The Balaban J connectivity index is 2.30. The molecule has 1 fully saturated rings. The number of likely N-dealkylation sites (tertiary alicyclic amines) is 1. The Labute approximate surface area is 123 Å². The summed E-state index contributed by atoms with van der Waals surface area (Å²) in [6.07, 6.45) is 3.99. The van der Waals surface area contributed by atoms with Crippen molar-refractivity contribution in [2.45, 2.75) is 58.1 Å². The summed E-state index contributed by atoms with van der Waals surface area (Å²) in [5.74, 6) is 0. The summed E-state index contributed by atoms with van der Waals surface area (Å²) in [5, 5.41) is 3.55. The van der Waals surface area contributed by atoms with Crippen LogP contribution >= 0.6 is 0 Å². The Morgan fingerprint density at radius 1 is 1.30 bits per heavy atom. The van der Waals surface area contributed by atoms with Crippen molar-refractivity contribution in [1.82, 2.24) is 10.2 Å². The molecule has 5 nitrogen and oxygen atoms in total. The minimum Gasteiger partial charge on any atom is -0.444 e. The number of methoxy groups -OCH3 is 1. The lowest BCUT2D eigenvalue weighted by atomic mass is 10.1. The van der Waals surface area contributed by atoms with Gasteiger partial charge >= 0.3 is 6.09 Å². The lowest BCUT2D eigenvalue weighted by Gasteiger charge is -2.26. The highest BCUT2D eigenvalue weighted by Gasteiger charge is 2.24. The molecule has 1 N–H and O–H groups in total. The maximum Gasteiger partial charge on any atom is 0.410 e. The van der Waals surface area contributed by atoms with Crippen molar-refractivity contribution in [2.24, 2.45) is 0 Å². The Hall–Kier alpha value is -0.810. The number of carbonyl (C=O) groups excluding carboxylic acids is 1. The first-order valence-corrected chi connectivity index (χ1v) is 7.62. The molecular formula is C15H30N2O3. The largest absolute Gasteiger partial charge is 0.444 e. The van der Waals surface area contributed by atoms with E-state index in [-0.39, 0.29) is 6.09 Å². The maximum absolute atomic E-state index is 12.0. The van der Waals surface area contributed by atoms with Gasteiger partial charge in [0.25, 0.3) is 0 Å². The van der Waals surface area contributed by atoms with Crippen molar-refractivity contribution in [3.63, 3.8) is 0 Å². The molecule has 0 radical (unpaired) electrons. The average molecular weight is 286 g/mol. The Kier molecular flexibility index (Phi) is 7.30. The molecule has 1 rings (SSSR count). The van der Waals surface area contributed by atoms with Crippen LogP contribution in [0.15, 0.2) is 0 Å². The van der Waals surface area contributed by atoms with Crippen LogP contribution in [0.2, 0.25) is 0 Å². The minimum absolute atomic E-state index is 0.183. The molecule has 5 heteroatoms. The van der Waals surface area contributed by atoms with Gasteiger partial charge in [-0.15, -0.1) is 0 Å². The fraction of sp³-hybridized carbons (Fsp3) is 0.933. The molecule has 1 aliphatic heterocycles. The van der Waals surface area contributed by atoms with Crippen molar-refractivity contribution < 1.29 is 14.3 Å². The molecule has 1 atom stereocenters. The molecule has 0 bridgehead atoms. The first kappa shape index (κ1) is 17.2. The molecule has 0 aromatic rings. The molecule has 118 valence electrons. The van der Waals surface area contributed by atoms with E-state index in [9.17, 15) is 4.79 Å². The molecule has 1 amide bonds. The molecule has 1 saturated heterocycles. The Bertz CT molecular complexity index is 289. The van der Waals surface area contributed by atoms with E-state index in [1.54, 1.807) is 7.11 Å². The van der Waals surface area contributed by atoms with E-state index >= 15 is 0 Å². The predicted molar refractivity (Wildman–Crippen MR) is 79.9 cm³/mol. The molecule has 0 aromatic carbocycles. The van der Waals surface area contributed by atoms with Gasteiger partial charge in [0.1, 0.15) is 5.60 Å². The SMILES string of the molecule is COCCCNC1CCCN(C(=O)OC(C)(C)C)CC1. The van der Waals surface area contributed by atoms with Crippen LogP contribution < -0.4 is 5.32 Å². The smallest absolute Gasteiger partial charge is 0.410 e. The molecule has 0 spiro atoms. The van der Waals surface area contributed by atoms with Crippen molar-refractivity contribution in [1.29, 1.82) is 0 Å². The summed E-state index contributed by atoms with van der Waals surface area (Å²) in [6.45, 7) is 9.06. The monoisotopic (exact) mass is 286 g/mol. The van der Waals surface area contributed by atoms with E-state index in [1.165, 1.54) is 0 Å². The highest BCUT2D eigenvalue weighted by atomic mass is 16.6. The van der Waals surface area contributed by atoms with Gasteiger partial charge in [0.15, 0.2) is 0 Å². The number of ether oxygens (including phenoxy) is 2.